The first-order chi connectivity index (χ1) is 8.17. The molecule has 0 aliphatic carbocycles. The molecule has 0 saturated carbocycles. The number of ether oxygens (including phenoxy) is 3. The van der Waals surface area contributed by atoms with Gasteiger partial charge in [-0.1, -0.05) is 18.2 Å². The molecule has 1 aliphatic rings. The lowest BCUT2D eigenvalue weighted by molar-refractivity contribution is -0.322. The molecule has 0 N–H and O–H groups in total. The fourth-order valence-electron chi connectivity index (χ4n) is 1.54. The Labute approximate surface area is 106 Å². The van der Waals surface area contributed by atoms with Crippen LogP contribution >= 0.6 is 11.6 Å². The first-order valence-electron chi connectivity index (χ1n) is 5.46. The van der Waals surface area contributed by atoms with Gasteiger partial charge in [-0.15, -0.1) is 11.6 Å². The van der Waals surface area contributed by atoms with Crippen molar-refractivity contribution in [2.24, 2.45) is 0 Å². The van der Waals surface area contributed by atoms with Gasteiger partial charge in [0.2, 0.25) is 0 Å². The SMILES string of the molecule is CCOC1(CCl)O[C@@H](C)[C@H](/C=C/C=C/C#N)O1. The number of hydrogen-bond acceptors (Lipinski definition) is 4. The summed E-state index contributed by atoms with van der Waals surface area (Å²) in [4.78, 5) is 0. The van der Waals surface area contributed by atoms with Crippen LogP contribution < -0.4 is 0 Å². The summed E-state index contributed by atoms with van der Waals surface area (Å²) >= 11 is 5.80. The number of alkyl halides is 1. The highest BCUT2D eigenvalue weighted by Gasteiger charge is 2.45. The van der Waals surface area contributed by atoms with E-state index in [1.165, 1.54) is 6.08 Å². The van der Waals surface area contributed by atoms with Crippen LogP contribution in [0, 0.1) is 11.3 Å². The average Bonchev–Trinajstić information content (AvgIpc) is 2.63. The van der Waals surface area contributed by atoms with Crippen LogP contribution in [0.3, 0.4) is 0 Å². The summed E-state index contributed by atoms with van der Waals surface area (Å²) in [5.41, 5.74) is 0. The first-order valence-corrected chi connectivity index (χ1v) is 5.99. The van der Waals surface area contributed by atoms with Crippen molar-refractivity contribution in [1.29, 1.82) is 5.26 Å². The second kappa shape index (κ2) is 6.77. The maximum atomic E-state index is 8.34. The minimum absolute atomic E-state index is 0.115. The summed E-state index contributed by atoms with van der Waals surface area (Å²) in [5, 5.41) is 8.34. The van der Waals surface area contributed by atoms with Gasteiger partial charge in [0.1, 0.15) is 12.0 Å². The van der Waals surface area contributed by atoms with Crippen LogP contribution in [0.1, 0.15) is 13.8 Å². The number of allylic oxidation sites excluding steroid dienone is 3. The zero-order chi connectivity index (χ0) is 12.7. The van der Waals surface area contributed by atoms with E-state index < -0.39 is 5.97 Å². The minimum Gasteiger partial charge on any atom is -0.327 e. The second-order valence-electron chi connectivity index (χ2n) is 3.53. The lowest BCUT2D eigenvalue weighted by Gasteiger charge is -2.24. The molecule has 0 aromatic heterocycles. The van der Waals surface area contributed by atoms with E-state index in [4.69, 9.17) is 31.1 Å². The van der Waals surface area contributed by atoms with E-state index in [0.717, 1.165) is 0 Å². The van der Waals surface area contributed by atoms with Gasteiger partial charge in [-0.25, -0.2) is 0 Å². The lowest BCUT2D eigenvalue weighted by Crippen LogP contribution is -2.36. The van der Waals surface area contributed by atoms with Crippen LogP contribution in [-0.4, -0.2) is 30.7 Å². The molecule has 1 rings (SSSR count). The molecule has 0 aromatic rings. The maximum absolute atomic E-state index is 8.34. The van der Waals surface area contributed by atoms with Crippen LogP contribution in [0.5, 0.6) is 0 Å². The summed E-state index contributed by atoms with van der Waals surface area (Å²) in [6.07, 6.45) is 6.19. The quantitative estimate of drug-likeness (QED) is 0.431. The van der Waals surface area contributed by atoms with Gasteiger partial charge in [-0.2, -0.15) is 5.26 Å². The molecule has 4 nitrogen and oxygen atoms in total. The third-order valence-corrected chi connectivity index (χ3v) is 2.58. The second-order valence-corrected chi connectivity index (χ2v) is 3.80. The van der Waals surface area contributed by atoms with Gasteiger partial charge in [0.05, 0.1) is 12.2 Å². The molecule has 0 aromatic carbocycles. The fraction of sp³-hybridized carbons (Fsp3) is 0.583. The molecule has 0 spiro atoms. The standard InChI is InChI=1S/C12H16ClNO3/c1-3-15-12(9-13)16-10(2)11(17-12)7-5-4-6-8-14/h4-7,10-11H,3,9H2,1-2H3/b6-4+,7-5+/t10-,11-,12?/m0/s1. The van der Waals surface area contributed by atoms with Crippen molar-refractivity contribution in [3.8, 4) is 6.07 Å². The number of hydrogen-bond donors (Lipinski definition) is 0. The molecule has 5 heteroatoms. The van der Waals surface area contributed by atoms with E-state index >= 15 is 0 Å². The van der Waals surface area contributed by atoms with Crippen molar-refractivity contribution >= 4 is 11.6 Å². The molecule has 1 fully saturated rings. The van der Waals surface area contributed by atoms with Gasteiger partial charge >= 0.3 is 0 Å². The third kappa shape index (κ3) is 3.83. The highest BCUT2D eigenvalue weighted by Crippen LogP contribution is 2.31. The predicted octanol–water partition coefficient (Wildman–Crippen LogP) is 2.36. The Balaban J connectivity index is 2.63. The Bertz CT molecular complexity index is 337. The Kier molecular flexibility index (Phi) is 5.66. The largest absolute Gasteiger partial charge is 0.327 e. The van der Waals surface area contributed by atoms with Crippen molar-refractivity contribution in [2.75, 3.05) is 12.5 Å². The molecule has 1 aliphatic heterocycles. The Hall–Kier alpha value is -0.860. The highest BCUT2D eigenvalue weighted by molar-refractivity contribution is 6.18. The third-order valence-electron chi connectivity index (χ3n) is 2.25. The minimum atomic E-state index is -1.15. The summed E-state index contributed by atoms with van der Waals surface area (Å²) in [6.45, 7) is 4.20. The van der Waals surface area contributed by atoms with E-state index in [0.29, 0.717) is 6.61 Å². The number of nitriles is 1. The number of rotatable bonds is 5. The maximum Gasteiger partial charge on any atom is 0.298 e. The Morgan fingerprint density at radius 3 is 2.82 bits per heavy atom. The van der Waals surface area contributed by atoms with Crippen molar-refractivity contribution in [2.45, 2.75) is 32.0 Å². The molecule has 1 heterocycles. The van der Waals surface area contributed by atoms with E-state index in [-0.39, 0.29) is 18.1 Å². The van der Waals surface area contributed by atoms with Gasteiger partial charge in [0, 0.05) is 12.7 Å². The molecule has 0 bridgehead atoms. The summed E-state index contributed by atoms with van der Waals surface area (Å²) < 4.78 is 16.6. The zero-order valence-corrected chi connectivity index (χ0v) is 10.7. The zero-order valence-electron chi connectivity index (χ0n) is 9.93. The van der Waals surface area contributed by atoms with Gasteiger partial charge in [0.15, 0.2) is 0 Å². The van der Waals surface area contributed by atoms with Gasteiger partial charge in [0.25, 0.3) is 5.97 Å². The van der Waals surface area contributed by atoms with E-state index in [9.17, 15) is 0 Å². The molecule has 0 radical (unpaired) electrons. The predicted molar refractivity (Wildman–Crippen MR) is 64.4 cm³/mol. The monoisotopic (exact) mass is 257 g/mol. The van der Waals surface area contributed by atoms with Crippen molar-refractivity contribution in [3.05, 3.63) is 24.3 Å². The van der Waals surface area contributed by atoms with Gasteiger partial charge in [-0.05, 0) is 13.8 Å². The van der Waals surface area contributed by atoms with Gasteiger partial charge in [-0.3, -0.25) is 0 Å². The number of nitrogens with zero attached hydrogens (tertiary/aromatic N) is 1. The van der Waals surface area contributed by atoms with Crippen LogP contribution in [0.2, 0.25) is 0 Å². The fourth-order valence-corrected chi connectivity index (χ4v) is 1.74. The topological polar surface area (TPSA) is 51.5 Å². The molecule has 94 valence electrons. The van der Waals surface area contributed by atoms with Crippen molar-refractivity contribution in [3.63, 3.8) is 0 Å². The molecule has 3 atom stereocenters. The average molecular weight is 258 g/mol. The molecular formula is C12H16ClNO3. The lowest BCUT2D eigenvalue weighted by atomic mass is 10.2. The highest BCUT2D eigenvalue weighted by atomic mass is 35.5. The normalized spacial score (nSPS) is 33.5. The van der Waals surface area contributed by atoms with Crippen molar-refractivity contribution < 1.29 is 14.2 Å². The first kappa shape index (κ1) is 14.2. The molecular weight excluding hydrogens is 242 g/mol. The molecule has 17 heavy (non-hydrogen) atoms. The van der Waals surface area contributed by atoms with Crippen LogP contribution in [0.4, 0.5) is 0 Å². The van der Waals surface area contributed by atoms with Gasteiger partial charge < -0.3 is 14.2 Å². The molecule has 0 amide bonds. The summed E-state index contributed by atoms with van der Waals surface area (Å²) in [5.74, 6) is -1.03. The smallest absolute Gasteiger partial charge is 0.298 e. The van der Waals surface area contributed by atoms with Crippen LogP contribution in [0.15, 0.2) is 24.3 Å². The van der Waals surface area contributed by atoms with Crippen LogP contribution in [-0.2, 0) is 14.2 Å². The summed E-state index contributed by atoms with van der Waals surface area (Å²) in [7, 11) is 0. The Morgan fingerprint density at radius 2 is 2.24 bits per heavy atom. The van der Waals surface area contributed by atoms with Crippen molar-refractivity contribution in [1.82, 2.24) is 0 Å². The molecule has 1 saturated heterocycles. The number of halogens is 1. The van der Waals surface area contributed by atoms with E-state index in [1.54, 1.807) is 12.2 Å². The van der Waals surface area contributed by atoms with Crippen LogP contribution in [0.25, 0.3) is 0 Å². The van der Waals surface area contributed by atoms with E-state index in [2.05, 4.69) is 0 Å². The van der Waals surface area contributed by atoms with E-state index in [1.807, 2.05) is 26.0 Å². The molecule has 1 unspecified atom stereocenters. The summed E-state index contributed by atoms with van der Waals surface area (Å²) in [6, 6.07) is 1.90. The Morgan fingerprint density at radius 1 is 1.47 bits per heavy atom.